The largest absolute Gasteiger partial charge is 0.399 e. The van der Waals surface area contributed by atoms with E-state index >= 15 is 0 Å². The third-order valence-electron chi connectivity index (χ3n) is 5.71. The van der Waals surface area contributed by atoms with E-state index < -0.39 is 5.41 Å². The number of nitrogen functional groups attached to an aromatic ring is 2. The molecule has 0 spiro atoms. The summed E-state index contributed by atoms with van der Waals surface area (Å²) in [4.78, 5) is 0. The molecule has 0 fully saturated rings. The minimum absolute atomic E-state index is 0.474. The van der Waals surface area contributed by atoms with Crippen LogP contribution in [0.5, 0.6) is 0 Å². The van der Waals surface area contributed by atoms with Gasteiger partial charge in [0.2, 0.25) is 0 Å². The smallest absolute Gasteiger partial charge is 0.0714 e. The van der Waals surface area contributed by atoms with E-state index in [0.717, 1.165) is 38.7 Å². The van der Waals surface area contributed by atoms with Crippen LogP contribution in [0.4, 0.5) is 11.4 Å². The molecule has 0 unspecified atom stereocenters. The summed E-state index contributed by atoms with van der Waals surface area (Å²) in [6.45, 7) is 0. The lowest BCUT2D eigenvalue weighted by Gasteiger charge is -2.34. The Labute approximate surface area is 169 Å². The van der Waals surface area contributed by atoms with Crippen LogP contribution in [0.15, 0.2) is 91.0 Å². The Bertz CT molecular complexity index is 1130. The number of hydrogen-bond donors (Lipinski definition) is 2. The van der Waals surface area contributed by atoms with Gasteiger partial charge in [0.25, 0.3) is 0 Å². The first kappa shape index (κ1) is 16.9. The fourth-order valence-electron chi connectivity index (χ4n) is 4.54. The molecule has 0 amide bonds. The maximum absolute atomic E-state index is 6.71. The average Bonchev–Trinajstić information content (AvgIpc) is 3.02. The molecule has 0 aliphatic heterocycles. The number of nitrogens with two attached hydrogens (primary N) is 2. The highest BCUT2D eigenvalue weighted by Crippen LogP contribution is 2.57. The van der Waals surface area contributed by atoms with Gasteiger partial charge in [0.15, 0.2) is 0 Å². The first-order valence-corrected chi connectivity index (χ1v) is 9.61. The Morgan fingerprint density at radius 3 is 1.71 bits per heavy atom. The van der Waals surface area contributed by atoms with E-state index in [1.165, 1.54) is 11.1 Å². The summed E-state index contributed by atoms with van der Waals surface area (Å²) in [6, 6.07) is 30.9. The van der Waals surface area contributed by atoms with Gasteiger partial charge in [-0.2, -0.15) is 0 Å². The molecule has 3 heteroatoms. The average molecular weight is 383 g/mol. The van der Waals surface area contributed by atoms with Crippen LogP contribution >= 0.6 is 11.6 Å². The van der Waals surface area contributed by atoms with Gasteiger partial charge in [-0.1, -0.05) is 72.3 Å². The molecule has 0 atom stereocenters. The molecule has 4 aromatic carbocycles. The Morgan fingerprint density at radius 2 is 1.11 bits per heavy atom. The zero-order valence-electron chi connectivity index (χ0n) is 15.2. The molecule has 136 valence electrons. The van der Waals surface area contributed by atoms with Crippen molar-refractivity contribution in [2.24, 2.45) is 0 Å². The van der Waals surface area contributed by atoms with Crippen LogP contribution in [-0.4, -0.2) is 0 Å². The molecular weight excluding hydrogens is 364 g/mol. The highest BCUT2D eigenvalue weighted by atomic mass is 35.5. The molecule has 0 aromatic heterocycles. The number of rotatable bonds is 2. The fraction of sp³-hybridized carbons (Fsp3) is 0.0400. The van der Waals surface area contributed by atoms with Gasteiger partial charge < -0.3 is 11.5 Å². The topological polar surface area (TPSA) is 52.0 Å². The second kappa shape index (κ2) is 6.15. The monoisotopic (exact) mass is 382 g/mol. The summed E-state index contributed by atoms with van der Waals surface area (Å²) < 4.78 is 0. The number of fused-ring (bicyclic) bond motifs is 3. The van der Waals surface area contributed by atoms with Crippen molar-refractivity contribution in [1.29, 1.82) is 0 Å². The van der Waals surface area contributed by atoms with Gasteiger partial charge in [0, 0.05) is 22.0 Å². The summed E-state index contributed by atoms with van der Waals surface area (Å²) in [7, 11) is 0. The number of benzene rings is 4. The molecule has 0 bridgehead atoms. The Kier molecular flexibility index (Phi) is 3.71. The Hall–Kier alpha value is -3.23. The van der Waals surface area contributed by atoms with Crippen LogP contribution in [-0.2, 0) is 5.41 Å². The number of hydrogen-bond acceptors (Lipinski definition) is 2. The van der Waals surface area contributed by atoms with Gasteiger partial charge in [-0.25, -0.2) is 0 Å². The lowest BCUT2D eigenvalue weighted by molar-refractivity contribution is 0.769. The first-order chi connectivity index (χ1) is 13.6. The van der Waals surface area contributed by atoms with Gasteiger partial charge in [-0.3, -0.25) is 0 Å². The third kappa shape index (κ3) is 2.22. The van der Waals surface area contributed by atoms with E-state index in [2.05, 4.69) is 54.6 Å². The second-order valence-electron chi connectivity index (χ2n) is 7.20. The zero-order valence-corrected chi connectivity index (χ0v) is 15.9. The predicted molar refractivity (Wildman–Crippen MR) is 118 cm³/mol. The summed E-state index contributed by atoms with van der Waals surface area (Å²) in [5.74, 6) is 0. The molecule has 0 radical (unpaired) electrons. The quantitative estimate of drug-likeness (QED) is 0.375. The van der Waals surface area contributed by atoms with Crippen molar-refractivity contribution in [1.82, 2.24) is 0 Å². The van der Waals surface area contributed by atoms with Crippen LogP contribution in [0.25, 0.3) is 11.1 Å². The maximum Gasteiger partial charge on any atom is 0.0714 e. The lowest BCUT2D eigenvalue weighted by atomic mass is 9.67. The van der Waals surface area contributed by atoms with Crippen molar-refractivity contribution in [3.05, 3.63) is 118 Å². The summed E-state index contributed by atoms with van der Waals surface area (Å²) in [5.41, 5.74) is 20.0. The van der Waals surface area contributed by atoms with Crippen LogP contribution in [0.3, 0.4) is 0 Å². The van der Waals surface area contributed by atoms with Gasteiger partial charge in [-0.05, 0) is 58.1 Å². The van der Waals surface area contributed by atoms with Gasteiger partial charge in [-0.15, -0.1) is 0 Å². The molecule has 28 heavy (non-hydrogen) atoms. The molecular formula is C25H19ClN2. The van der Waals surface area contributed by atoms with Crippen molar-refractivity contribution in [3.8, 4) is 11.1 Å². The lowest BCUT2D eigenvalue weighted by Crippen LogP contribution is -2.28. The summed E-state index contributed by atoms with van der Waals surface area (Å²) >= 11 is 6.71. The maximum atomic E-state index is 6.71. The fourth-order valence-corrected chi connectivity index (χ4v) is 4.81. The molecule has 1 aliphatic rings. The Morgan fingerprint density at radius 1 is 0.571 bits per heavy atom. The van der Waals surface area contributed by atoms with Crippen LogP contribution < -0.4 is 11.5 Å². The minimum Gasteiger partial charge on any atom is -0.399 e. The molecule has 4 N–H and O–H groups in total. The second-order valence-corrected chi connectivity index (χ2v) is 7.61. The highest BCUT2D eigenvalue weighted by Gasteiger charge is 2.46. The minimum atomic E-state index is -0.474. The van der Waals surface area contributed by atoms with Crippen LogP contribution in [0.1, 0.15) is 22.3 Å². The molecule has 4 aromatic rings. The van der Waals surface area contributed by atoms with E-state index in [9.17, 15) is 0 Å². The first-order valence-electron chi connectivity index (χ1n) is 9.23. The van der Waals surface area contributed by atoms with Crippen LogP contribution in [0.2, 0.25) is 5.02 Å². The van der Waals surface area contributed by atoms with E-state index in [1.54, 1.807) is 0 Å². The van der Waals surface area contributed by atoms with Gasteiger partial charge in [0.1, 0.15) is 0 Å². The molecule has 0 saturated carbocycles. The molecule has 5 rings (SSSR count). The zero-order chi connectivity index (χ0) is 19.3. The standard InChI is InChI=1S/C25H19ClN2/c26-23-7-3-6-22-24(23)20-4-1-2-5-21(20)25(22,16-8-12-18(27)13-9-16)17-10-14-19(28)15-11-17/h1-15H,27-28H2. The summed E-state index contributed by atoms with van der Waals surface area (Å²) in [5, 5.41) is 0.762. The summed E-state index contributed by atoms with van der Waals surface area (Å²) in [6.07, 6.45) is 0. The normalized spacial score (nSPS) is 13.8. The molecule has 2 nitrogen and oxygen atoms in total. The van der Waals surface area contributed by atoms with E-state index in [4.69, 9.17) is 23.1 Å². The molecule has 1 aliphatic carbocycles. The van der Waals surface area contributed by atoms with Crippen LogP contribution in [0, 0.1) is 0 Å². The van der Waals surface area contributed by atoms with E-state index in [-0.39, 0.29) is 0 Å². The predicted octanol–water partition coefficient (Wildman–Crippen LogP) is 5.87. The van der Waals surface area contributed by atoms with Gasteiger partial charge >= 0.3 is 0 Å². The number of halogens is 1. The van der Waals surface area contributed by atoms with Crippen molar-refractivity contribution in [2.75, 3.05) is 11.5 Å². The highest BCUT2D eigenvalue weighted by molar-refractivity contribution is 6.34. The van der Waals surface area contributed by atoms with E-state index in [0.29, 0.717) is 0 Å². The van der Waals surface area contributed by atoms with Crippen molar-refractivity contribution >= 4 is 23.0 Å². The van der Waals surface area contributed by atoms with Crippen molar-refractivity contribution in [2.45, 2.75) is 5.41 Å². The SMILES string of the molecule is Nc1ccc(C2(c3ccc(N)cc3)c3ccccc3-c3c(Cl)cccc32)cc1. The Balaban J connectivity index is 1.97. The van der Waals surface area contributed by atoms with Crippen molar-refractivity contribution < 1.29 is 0 Å². The van der Waals surface area contributed by atoms with E-state index in [1.807, 2.05) is 36.4 Å². The van der Waals surface area contributed by atoms with Crippen molar-refractivity contribution in [3.63, 3.8) is 0 Å². The molecule has 0 saturated heterocycles. The third-order valence-corrected chi connectivity index (χ3v) is 6.02. The van der Waals surface area contributed by atoms with Gasteiger partial charge in [0.05, 0.1) is 5.41 Å². The number of anilines is 2. The molecule has 0 heterocycles.